The summed E-state index contributed by atoms with van der Waals surface area (Å²) in [5.41, 5.74) is 0.878. The Labute approximate surface area is 144 Å². The fraction of sp³-hybridized carbons (Fsp3) is 0.167. The predicted octanol–water partition coefficient (Wildman–Crippen LogP) is 2.24. The number of phenols is 1. The van der Waals surface area contributed by atoms with Crippen molar-refractivity contribution in [3.8, 4) is 5.75 Å². The van der Waals surface area contributed by atoms with E-state index in [1.165, 1.54) is 18.2 Å². The van der Waals surface area contributed by atoms with Crippen molar-refractivity contribution in [1.82, 2.24) is 5.32 Å². The molecule has 130 valence electrons. The normalized spacial score (nSPS) is 10.1. The number of anilines is 1. The van der Waals surface area contributed by atoms with Crippen LogP contribution in [-0.4, -0.2) is 34.5 Å². The molecule has 7 heteroatoms. The van der Waals surface area contributed by atoms with Gasteiger partial charge in [0.15, 0.2) is 0 Å². The minimum absolute atomic E-state index is 0.0169. The van der Waals surface area contributed by atoms with Gasteiger partial charge in [-0.2, -0.15) is 0 Å². The summed E-state index contributed by atoms with van der Waals surface area (Å²) in [5, 5.41) is 23.5. The first-order valence-corrected chi connectivity index (χ1v) is 7.67. The summed E-state index contributed by atoms with van der Waals surface area (Å²) >= 11 is 0. The molecule has 0 spiro atoms. The van der Waals surface area contributed by atoms with E-state index in [9.17, 15) is 19.5 Å². The van der Waals surface area contributed by atoms with Gasteiger partial charge in [-0.3, -0.25) is 14.4 Å². The maximum atomic E-state index is 12.2. The molecule has 7 nitrogen and oxygen atoms in total. The maximum Gasteiger partial charge on any atom is 0.303 e. The number of aromatic hydroxyl groups is 1. The van der Waals surface area contributed by atoms with Crippen LogP contribution >= 0.6 is 0 Å². The number of nitrogens with one attached hydrogen (secondary N) is 2. The van der Waals surface area contributed by atoms with Crippen molar-refractivity contribution in [3.05, 3.63) is 59.7 Å². The Kier molecular flexibility index (Phi) is 6.11. The van der Waals surface area contributed by atoms with Crippen LogP contribution in [0.1, 0.15) is 33.6 Å². The van der Waals surface area contributed by atoms with E-state index in [0.29, 0.717) is 17.7 Å². The lowest BCUT2D eigenvalue weighted by Crippen LogP contribution is -2.25. The van der Waals surface area contributed by atoms with Gasteiger partial charge in [0, 0.05) is 24.2 Å². The molecule has 4 N–H and O–H groups in total. The largest absolute Gasteiger partial charge is 0.507 e. The van der Waals surface area contributed by atoms with Crippen molar-refractivity contribution in [1.29, 1.82) is 0 Å². The Morgan fingerprint density at radius 3 is 2.44 bits per heavy atom. The Balaban J connectivity index is 1.98. The van der Waals surface area contributed by atoms with Crippen LogP contribution in [0.15, 0.2) is 48.5 Å². The van der Waals surface area contributed by atoms with E-state index in [-0.39, 0.29) is 30.2 Å². The second-order valence-corrected chi connectivity index (χ2v) is 5.31. The first kappa shape index (κ1) is 18.0. The molecule has 0 aliphatic carbocycles. The SMILES string of the molecule is O=C(O)CCCNC(=O)c1cccc(NC(=O)c2ccccc2O)c1. The van der Waals surface area contributed by atoms with Crippen LogP contribution in [-0.2, 0) is 4.79 Å². The zero-order valence-electron chi connectivity index (χ0n) is 13.4. The molecule has 0 aliphatic heterocycles. The Morgan fingerprint density at radius 2 is 1.72 bits per heavy atom. The van der Waals surface area contributed by atoms with Gasteiger partial charge in [0.25, 0.3) is 11.8 Å². The van der Waals surface area contributed by atoms with E-state index in [2.05, 4.69) is 10.6 Å². The summed E-state index contributed by atoms with van der Waals surface area (Å²) in [6.07, 6.45) is 0.321. The van der Waals surface area contributed by atoms with Crippen molar-refractivity contribution in [2.24, 2.45) is 0 Å². The van der Waals surface area contributed by atoms with Gasteiger partial charge >= 0.3 is 5.97 Å². The van der Waals surface area contributed by atoms with Crippen molar-refractivity contribution < 1.29 is 24.6 Å². The van der Waals surface area contributed by atoms with Crippen LogP contribution in [0.2, 0.25) is 0 Å². The quantitative estimate of drug-likeness (QED) is 0.576. The van der Waals surface area contributed by atoms with Crippen LogP contribution in [0.5, 0.6) is 5.75 Å². The molecular weight excluding hydrogens is 324 g/mol. The van der Waals surface area contributed by atoms with E-state index in [1.54, 1.807) is 30.3 Å². The number of rotatable bonds is 7. The predicted molar refractivity (Wildman–Crippen MR) is 91.7 cm³/mol. The number of phenolic OH excluding ortho intramolecular Hbond substituents is 1. The van der Waals surface area contributed by atoms with E-state index in [0.717, 1.165) is 0 Å². The summed E-state index contributed by atoms with van der Waals surface area (Å²) in [7, 11) is 0. The minimum atomic E-state index is -0.914. The summed E-state index contributed by atoms with van der Waals surface area (Å²) in [5.74, 6) is -1.89. The second-order valence-electron chi connectivity index (χ2n) is 5.31. The van der Waals surface area contributed by atoms with Gasteiger partial charge in [-0.1, -0.05) is 18.2 Å². The lowest BCUT2D eigenvalue weighted by Gasteiger charge is -2.09. The number of amides is 2. The molecule has 2 amide bonds. The molecule has 25 heavy (non-hydrogen) atoms. The molecule has 0 fully saturated rings. The molecule has 0 heterocycles. The van der Waals surface area contributed by atoms with Crippen LogP contribution in [0.3, 0.4) is 0 Å². The molecule has 2 aromatic rings. The number of hydrogen-bond donors (Lipinski definition) is 4. The molecule has 0 bridgehead atoms. The van der Waals surface area contributed by atoms with Crippen molar-refractivity contribution in [2.75, 3.05) is 11.9 Å². The lowest BCUT2D eigenvalue weighted by molar-refractivity contribution is -0.137. The fourth-order valence-corrected chi connectivity index (χ4v) is 2.15. The average Bonchev–Trinajstić information content (AvgIpc) is 2.59. The van der Waals surface area contributed by atoms with Gasteiger partial charge in [0.1, 0.15) is 5.75 Å². The zero-order valence-corrected chi connectivity index (χ0v) is 13.4. The van der Waals surface area contributed by atoms with Gasteiger partial charge in [-0.05, 0) is 36.8 Å². The van der Waals surface area contributed by atoms with E-state index in [4.69, 9.17) is 5.11 Å². The summed E-state index contributed by atoms with van der Waals surface area (Å²) in [6.45, 7) is 0.250. The van der Waals surface area contributed by atoms with Gasteiger partial charge < -0.3 is 20.8 Å². The van der Waals surface area contributed by atoms with Crippen molar-refractivity contribution in [2.45, 2.75) is 12.8 Å². The first-order chi connectivity index (χ1) is 12.0. The highest BCUT2D eigenvalue weighted by Gasteiger charge is 2.12. The van der Waals surface area contributed by atoms with E-state index < -0.39 is 11.9 Å². The van der Waals surface area contributed by atoms with Crippen LogP contribution in [0, 0.1) is 0 Å². The number of hydrogen-bond acceptors (Lipinski definition) is 4. The van der Waals surface area contributed by atoms with Crippen LogP contribution in [0.25, 0.3) is 0 Å². The molecule has 0 atom stereocenters. The van der Waals surface area contributed by atoms with E-state index in [1.807, 2.05) is 0 Å². The van der Waals surface area contributed by atoms with E-state index >= 15 is 0 Å². The zero-order chi connectivity index (χ0) is 18.2. The molecule has 2 rings (SSSR count). The first-order valence-electron chi connectivity index (χ1n) is 7.67. The number of carboxylic acids is 1. The smallest absolute Gasteiger partial charge is 0.303 e. The highest BCUT2D eigenvalue weighted by Crippen LogP contribution is 2.18. The average molecular weight is 342 g/mol. The number of benzene rings is 2. The van der Waals surface area contributed by atoms with Gasteiger partial charge in [-0.25, -0.2) is 0 Å². The monoisotopic (exact) mass is 342 g/mol. The lowest BCUT2D eigenvalue weighted by atomic mass is 10.1. The number of carbonyl (C=O) groups is 3. The second kappa shape index (κ2) is 8.49. The Morgan fingerprint density at radius 1 is 0.960 bits per heavy atom. The van der Waals surface area contributed by atoms with Crippen molar-refractivity contribution in [3.63, 3.8) is 0 Å². The third kappa shape index (κ3) is 5.35. The standard InChI is InChI=1S/C18H18N2O5/c21-15-8-2-1-7-14(15)18(25)20-13-6-3-5-12(11-13)17(24)19-10-4-9-16(22)23/h1-3,5-8,11,21H,4,9-10H2,(H,19,24)(H,20,25)(H,22,23). The molecule has 0 unspecified atom stereocenters. The van der Waals surface area contributed by atoms with Gasteiger partial charge in [0.05, 0.1) is 5.56 Å². The van der Waals surface area contributed by atoms with Crippen LogP contribution < -0.4 is 10.6 Å². The number of carbonyl (C=O) groups excluding carboxylic acids is 2. The fourth-order valence-electron chi connectivity index (χ4n) is 2.15. The molecule has 0 saturated carbocycles. The number of para-hydroxylation sites is 1. The number of carboxylic acid groups (broad SMARTS) is 1. The number of aliphatic carboxylic acids is 1. The highest BCUT2D eigenvalue weighted by atomic mass is 16.4. The molecule has 0 saturated heterocycles. The molecule has 2 aromatic carbocycles. The van der Waals surface area contributed by atoms with Crippen LogP contribution in [0.4, 0.5) is 5.69 Å². The molecular formula is C18H18N2O5. The molecule has 0 aromatic heterocycles. The maximum absolute atomic E-state index is 12.2. The summed E-state index contributed by atoms with van der Waals surface area (Å²) in [6, 6.07) is 12.5. The molecule has 0 aliphatic rings. The highest BCUT2D eigenvalue weighted by molar-refractivity contribution is 6.06. The third-order valence-corrected chi connectivity index (χ3v) is 3.38. The van der Waals surface area contributed by atoms with Gasteiger partial charge in [0.2, 0.25) is 0 Å². The summed E-state index contributed by atoms with van der Waals surface area (Å²) < 4.78 is 0. The Hall–Kier alpha value is -3.35. The minimum Gasteiger partial charge on any atom is -0.507 e. The van der Waals surface area contributed by atoms with Gasteiger partial charge in [-0.15, -0.1) is 0 Å². The summed E-state index contributed by atoms with van der Waals surface area (Å²) in [4.78, 5) is 34.6. The van der Waals surface area contributed by atoms with Crippen molar-refractivity contribution >= 4 is 23.5 Å². The third-order valence-electron chi connectivity index (χ3n) is 3.38. The molecule has 0 radical (unpaired) electrons. The topological polar surface area (TPSA) is 116 Å². The Bertz CT molecular complexity index is 789.